The van der Waals surface area contributed by atoms with E-state index in [4.69, 9.17) is 9.26 Å². The van der Waals surface area contributed by atoms with Crippen molar-refractivity contribution in [3.05, 3.63) is 65.8 Å². The number of likely N-dealkylation sites (tertiary alicyclic amines) is 1. The molecule has 7 heteroatoms. The van der Waals surface area contributed by atoms with E-state index in [1.165, 1.54) is 12.1 Å². The monoisotopic (exact) mass is 393 g/mol. The minimum absolute atomic E-state index is 0.0277. The van der Waals surface area contributed by atoms with Crippen molar-refractivity contribution in [2.24, 2.45) is 0 Å². The Morgan fingerprint density at radius 2 is 2.07 bits per heavy atom. The molecule has 0 saturated carbocycles. The number of benzene rings is 2. The number of fused-ring (bicyclic) bond motifs is 1. The van der Waals surface area contributed by atoms with Crippen LogP contribution in [0.2, 0.25) is 0 Å². The number of nitrogens with zero attached hydrogens (tertiary/aromatic N) is 3. The van der Waals surface area contributed by atoms with Crippen molar-refractivity contribution in [2.75, 3.05) is 19.7 Å². The van der Waals surface area contributed by atoms with Gasteiger partial charge in [0.15, 0.2) is 0 Å². The van der Waals surface area contributed by atoms with Crippen LogP contribution in [0, 0.1) is 5.82 Å². The molecule has 0 radical (unpaired) electrons. The molecule has 2 aliphatic heterocycles. The van der Waals surface area contributed by atoms with Crippen LogP contribution in [0.25, 0.3) is 11.4 Å². The maximum absolute atomic E-state index is 13.5. The summed E-state index contributed by atoms with van der Waals surface area (Å²) in [6.07, 6.45) is 1.73. The van der Waals surface area contributed by atoms with Crippen LogP contribution in [0.4, 0.5) is 4.39 Å². The van der Waals surface area contributed by atoms with Gasteiger partial charge in [0, 0.05) is 24.2 Å². The van der Waals surface area contributed by atoms with E-state index in [9.17, 15) is 9.18 Å². The van der Waals surface area contributed by atoms with Gasteiger partial charge in [-0.2, -0.15) is 4.98 Å². The van der Waals surface area contributed by atoms with E-state index in [-0.39, 0.29) is 23.6 Å². The minimum Gasteiger partial charge on any atom is -0.492 e. The highest BCUT2D eigenvalue weighted by Gasteiger charge is 2.36. The second-order valence-corrected chi connectivity index (χ2v) is 7.49. The SMILES string of the molecule is O=C(C1COc2ccccc21)N1CCCC(c2nc(-c3cccc(F)c3)no2)C1. The first kappa shape index (κ1) is 17.8. The van der Waals surface area contributed by atoms with Gasteiger partial charge >= 0.3 is 0 Å². The van der Waals surface area contributed by atoms with E-state index < -0.39 is 0 Å². The zero-order chi connectivity index (χ0) is 19.8. The van der Waals surface area contributed by atoms with Crippen molar-refractivity contribution < 1.29 is 18.4 Å². The van der Waals surface area contributed by atoms with Crippen LogP contribution in [0.3, 0.4) is 0 Å². The van der Waals surface area contributed by atoms with E-state index in [2.05, 4.69) is 10.1 Å². The fraction of sp³-hybridized carbons (Fsp3) is 0.318. The molecule has 29 heavy (non-hydrogen) atoms. The summed E-state index contributed by atoms with van der Waals surface area (Å²) in [5.41, 5.74) is 1.52. The fourth-order valence-electron chi connectivity index (χ4n) is 4.11. The van der Waals surface area contributed by atoms with Gasteiger partial charge < -0.3 is 14.2 Å². The van der Waals surface area contributed by atoms with E-state index in [1.54, 1.807) is 12.1 Å². The summed E-state index contributed by atoms with van der Waals surface area (Å²) in [6, 6.07) is 13.8. The standard InChI is InChI=1S/C22H20FN3O3/c23-16-7-3-5-14(11-16)20-24-21(29-25-20)15-6-4-10-26(12-15)22(27)18-13-28-19-9-2-1-8-17(18)19/h1-3,5,7-9,11,15,18H,4,6,10,12-13H2. The molecule has 0 spiro atoms. The third-order valence-corrected chi connectivity index (χ3v) is 5.60. The average molecular weight is 393 g/mol. The van der Waals surface area contributed by atoms with E-state index in [1.807, 2.05) is 29.2 Å². The van der Waals surface area contributed by atoms with Gasteiger partial charge in [-0.15, -0.1) is 0 Å². The molecule has 1 saturated heterocycles. The first-order chi connectivity index (χ1) is 14.2. The smallest absolute Gasteiger partial charge is 0.233 e. The second-order valence-electron chi connectivity index (χ2n) is 7.49. The fourth-order valence-corrected chi connectivity index (χ4v) is 4.11. The summed E-state index contributed by atoms with van der Waals surface area (Å²) in [4.78, 5) is 19.5. The number of piperidine rings is 1. The summed E-state index contributed by atoms with van der Waals surface area (Å²) in [5, 5.41) is 4.00. The number of hydrogen-bond donors (Lipinski definition) is 0. The Bertz CT molecular complexity index is 1050. The molecule has 0 N–H and O–H groups in total. The van der Waals surface area contributed by atoms with Crippen LogP contribution < -0.4 is 4.74 Å². The number of carbonyl (C=O) groups is 1. The lowest BCUT2D eigenvalue weighted by molar-refractivity contribution is -0.134. The predicted molar refractivity (Wildman–Crippen MR) is 103 cm³/mol. The van der Waals surface area contributed by atoms with Gasteiger partial charge in [0.05, 0.1) is 5.92 Å². The van der Waals surface area contributed by atoms with Crippen molar-refractivity contribution in [2.45, 2.75) is 24.7 Å². The number of amides is 1. The molecule has 2 aliphatic rings. The van der Waals surface area contributed by atoms with Crippen LogP contribution in [-0.4, -0.2) is 40.6 Å². The zero-order valence-corrected chi connectivity index (χ0v) is 15.8. The Kier molecular flexibility index (Phi) is 4.50. The van der Waals surface area contributed by atoms with Crippen LogP contribution in [0.5, 0.6) is 5.75 Å². The lowest BCUT2D eigenvalue weighted by Crippen LogP contribution is -2.42. The zero-order valence-electron chi connectivity index (χ0n) is 15.8. The number of para-hydroxylation sites is 1. The maximum atomic E-state index is 13.5. The second kappa shape index (κ2) is 7.31. The molecule has 3 aromatic rings. The van der Waals surface area contributed by atoms with E-state index in [0.717, 1.165) is 24.2 Å². The molecule has 148 valence electrons. The molecule has 6 nitrogen and oxygen atoms in total. The summed E-state index contributed by atoms with van der Waals surface area (Å²) in [5.74, 6) is 1.07. The Hall–Kier alpha value is -3.22. The van der Waals surface area contributed by atoms with Gasteiger partial charge in [-0.25, -0.2) is 4.39 Å². The number of aromatic nitrogens is 2. The first-order valence-electron chi connectivity index (χ1n) is 9.79. The molecule has 2 atom stereocenters. The highest BCUT2D eigenvalue weighted by atomic mass is 19.1. The molecule has 3 heterocycles. The molecule has 2 unspecified atom stereocenters. The van der Waals surface area contributed by atoms with Crippen LogP contribution >= 0.6 is 0 Å². The molecule has 0 bridgehead atoms. The molecular formula is C22H20FN3O3. The normalized spacial score (nSPS) is 20.9. The van der Waals surface area contributed by atoms with Crippen molar-refractivity contribution in [1.29, 1.82) is 0 Å². The highest BCUT2D eigenvalue weighted by molar-refractivity contribution is 5.85. The summed E-state index contributed by atoms with van der Waals surface area (Å²) in [7, 11) is 0. The van der Waals surface area contributed by atoms with Gasteiger partial charge in [-0.05, 0) is 31.0 Å². The van der Waals surface area contributed by atoms with Gasteiger partial charge in [0.1, 0.15) is 24.1 Å². The molecule has 1 aromatic heterocycles. The number of ether oxygens (including phenoxy) is 1. The van der Waals surface area contributed by atoms with Gasteiger partial charge in [-0.1, -0.05) is 35.5 Å². The van der Waals surface area contributed by atoms with Crippen molar-refractivity contribution >= 4 is 5.91 Å². The predicted octanol–water partition coefficient (Wildman–Crippen LogP) is 3.76. The van der Waals surface area contributed by atoms with Crippen molar-refractivity contribution in [3.63, 3.8) is 0 Å². The Balaban J connectivity index is 1.32. The van der Waals surface area contributed by atoms with E-state index in [0.29, 0.717) is 37.0 Å². The number of hydrogen-bond acceptors (Lipinski definition) is 5. The van der Waals surface area contributed by atoms with Crippen LogP contribution in [0.15, 0.2) is 53.1 Å². The largest absolute Gasteiger partial charge is 0.492 e. The van der Waals surface area contributed by atoms with Gasteiger partial charge in [0.2, 0.25) is 17.6 Å². The summed E-state index contributed by atoms with van der Waals surface area (Å²) >= 11 is 0. The summed E-state index contributed by atoms with van der Waals surface area (Å²) in [6.45, 7) is 1.62. The van der Waals surface area contributed by atoms with Crippen LogP contribution in [-0.2, 0) is 4.79 Å². The third kappa shape index (κ3) is 3.37. The van der Waals surface area contributed by atoms with Crippen molar-refractivity contribution in [1.82, 2.24) is 15.0 Å². The minimum atomic E-state index is -0.345. The Morgan fingerprint density at radius 3 is 2.97 bits per heavy atom. The number of rotatable bonds is 3. The maximum Gasteiger partial charge on any atom is 0.233 e. The molecule has 0 aliphatic carbocycles. The Morgan fingerprint density at radius 1 is 1.17 bits per heavy atom. The number of halogens is 1. The quantitative estimate of drug-likeness (QED) is 0.678. The average Bonchev–Trinajstić information content (AvgIpc) is 3.41. The molecule has 1 amide bonds. The van der Waals surface area contributed by atoms with E-state index >= 15 is 0 Å². The number of carbonyl (C=O) groups excluding carboxylic acids is 1. The Labute approximate surface area is 167 Å². The topological polar surface area (TPSA) is 68.5 Å². The van der Waals surface area contributed by atoms with Gasteiger partial charge in [-0.3, -0.25) is 4.79 Å². The highest BCUT2D eigenvalue weighted by Crippen LogP contribution is 2.36. The lowest BCUT2D eigenvalue weighted by Gasteiger charge is -2.32. The lowest BCUT2D eigenvalue weighted by atomic mass is 9.94. The molecule has 2 aromatic carbocycles. The van der Waals surface area contributed by atoms with Crippen molar-refractivity contribution in [3.8, 4) is 17.1 Å². The first-order valence-corrected chi connectivity index (χ1v) is 9.79. The van der Waals surface area contributed by atoms with Crippen LogP contribution in [0.1, 0.15) is 36.1 Å². The third-order valence-electron chi connectivity index (χ3n) is 5.60. The molecule has 1 fully saturated rings. The summed E-state index contributed by atoms with van der Waals surface area (Å²) < 4.78 is 24.6. The van der Waals surface area contributed by atoms with Gasteiger partial charge in [0.25, 0.3) is 0 Å². The molecule has 5 rings (SSSR count). The molecular weight excluding hydrogens is 373 g/mol.